The van der Waals surface area contributed by atoms with E-state index in [-0.39, 0.29) is 37.6 Å². The van der Waals surface area contributed by atoms with E-state index < -0.39 is 23.3 Å². The number of halogens is 1. The fourth-order valence-corrected chi connectivity index (χ4v) is 4.06. The predicted molar refractivity (Wildman–Crippen MR) is 99.1 cm³/mol. The van der Waals surface area contributed by atoms with E-state index in [1.165, 1.54) is 6.07 Å². The number of aliphatic hydroxyl groups is 1. The first-order valence-electron chi connectivity index (χ1n) is 9.06. The summed E-state index contributed by atoms with van der Waals surface area (Å²) in [6.45, 7) is 1.80. The highest BCUT2D eigenvalue weighted by Gasteiger charge is 2.52. The molecule has 2 aromatic rings. The summed E-state index contributed by atoms with van der Waals surface area (Å²) in [5.74, 6) is -1.41. The average molecular weight is 370 g/mol. The molecule has 0 bridgehead atoms. The third-order valence-electron chi connectivity index (χ3n) is 5.54. The lowest BCUT2D eigenvalue weighted by atomic mass is 9.65. The number of hydrogen-bond acceptors (Lipinski definition) is 4. The maximum absolute atomic E-state index is 14.6. The van der Waals surface area contributed by atoms with Crippen LogP contribution in [0.2, 0.25) is 0 Å². The Bertz CT molecular complexity index is 820. The third-order valence-corrected chi connectivity index (χ3v) is 5.54. The summed E-state index contributed by atoms with van der Waals surface area (Å²) in [5.41, 5.74) is -0.163. The normalized spacial score (nSPS) is 24.7. The zero-order valence-corrected chi connectivity index (χ0v) is 15.2. The van der Waals surface area contributed by atoms with E-state index in [9.17, 15) is 19.1 Å². The van der Waals surface area contributed by atoms with Crippen LogP contribution < -0.4 is 0 Å². The van der Waals surface area contributed by atoms with Gasteiger partial charge in [0, 0.05) is 29.9 Å². The molecule has 0 unspecified atom stereocenters. The van der Waals surface area contributed by atoms with Crippen LogP contribution in [0.4, 0.5) is 4.39 Å². The van der Waals surface area contributed by atoms with Gasteiger partial charge >= 0.3 is 0 Å². The highest BCUT2D eigenvalue weighted by atomic mass is 19.1. The van der Waals surface area contributed by atoms with Crippen molar-refractivity contribution in [1.82, 2.24) is 0 Å². The molecule has 27 heavy (non-hydrogen) atoms. The minimum Gasteiger partial charge on any atom is -0.396 e. The van der Waals surface area contributed by atoms with Crippen LogP contribution in [0.1, 0.15) is 35.7 Å². The number of ketones is 2. The van der Waals surface area contributed by atoms with Crippen molar-refractivity contribution in [2.24, 2.45) is 5.92 Å². The van der Waals surface area contributed by atoms with E-state index in [0.29, 0.717) is 11.1 Å². The molecule has 3 rings (SSSR count). The van der Waals surface area contributed by atoms with Gasteiger partial charge in [0.1, 0.15) is 11.6 Å². The van der Waals surface area contributed by atoms with Crippen molar-refractivity contribution >= 4 is 11.6 Å². The van der Waals surface area contributed by atoms with Gasteiger partial charge in [-0.2, -0.15) is 0 Å². The first-order chi connectivity index (χ1) is 13.0. The van der Waals surface area contributed by atoms with Crippen molar-refractivity contribution in [2.45, 2.75) is 31.3 Å². The van der Waals surface area contributed by atoms with Crippen LogP contribution in [-0.4, -0.2) is 36.0 Å². The summed E-state index contributed by atoms with van der Waals surface area (Å²) in [6.07, 6.45) is -0.772. The lowest BCUT2D eigenvalue weighted by Crippen LogP contribution is -2.44. The second kappa shape index (κ2) is 8.11. The maximum Gasteiger partial charge on any atom is 0.170 e. The summed E-state index contributed by atoms with van der Waals surface area (Å²) < 4.78 is 20.3. The van der Waals surface area contributed by atoms with Gasteiger partial charge in [-0.05, 0) is 18.6 Å². The highest BCUT2D eigenvalue weighted by molar-refractivity contribution is 6.08. The molecule has 4 nitrogen and oxygen atoms in total. The Morgan fingerprint density at radius 1 is 1.15 bits per heavy atom. The van der Waals surface area contributed by atoms with Gasteiger partial charge in [0.25, 0.3) is 0 Å². The van der Waals surface area contributed by atoms with Crippen LogP contribution in [0.5, 0.6) is 0 Å². The molecule has 1 aliphatic rings. The quantitative estimate of drug-likeness (QED) is 0.600. The van der Waals surface area contributed by atoms with Crippen LogP contribution in [0.25, 0.3) is 0 Å². The second-order valence-electron chi connectivity index (χ2n) is 7.06. The molecule has 0 saturated carbocycles. The van der Waals surface area contributed by atoms with Crippen molar-refractivity contribution in [3.05, 3.63) is 71.5 Å². The average Bonchev–Trinajstić information content (AvgIpc) is 2.98. The Morgan fingerprint density at radius 2 is 1.81 bits per heavy atom. The molecule has 0 spiro atoms. The Balaban J connectivity index is 1.90. The van der Waals surface area contributed by atoms with Crippen molar-refractivity contribution < 1.29 is 23.8 Å². The Kier molecular flexibility index (Phi) is 5.82. The van der Waals surface area contributed by atoms with Gasteiger partial charge in [0.05, 0.1) is 19.1 Å². The number of hydrogen-bond donors (Lipinski definition) is 1. The number of aliphatic hydroxyl groups excluding tert-OH is 1. The van der Waals surface area contributed by atoms with E-state index in [1.807, 2.05) is 0 Å². The second-order valence-corrected chi connectivity index (χ2v) is 7.06. The van der Waals surface area contributed by atoms with Gasteiger partial charge in [-0.25, -0.2) is 4.39 Å². The summed E-state index contributed by atoms with van der Waals surface area (Å²) in [6, 6.07) is 14.9. The van der Waals surface area contributed by atoms with Crippen LogP contribution >= 0.6 is 0 Å². The zero-order chi connectivity index (χ0) is 19.4. The minimum absolute atomic E-state index is 0.0566. The molecule has 1 fully saturated rings. The van der Waals surface area contributed by atoms with Gasteiger partial charge in [-0.3, -0.25) is 9.59 Å². The van der Waals surface area contributed by atoms with Crippen LogP contribution in [0.3, 0.4) is 0 Å². The van der Waals surface area contributed by atoms with E-state index in [1.54, 1.807) is 55.5 Å². The molecule has 0 radical (unpaired) electrons. The molecular weight excluding hydrogens is 347 g/mol. The Morgan fingerprint density at radius 3 is 2.48 bits per heavy atom. The molecule has 3 atom stereocenters. The fraction of sp³-hybridized carbons (Fsp3) is 0.364. The third kappa shape index (κ3) is 3.70. The monoisotopic (exact) mass is 370 g/mol. The van der Waals surface area contributed by atoms with Gasteiger partial charge in [0.2, 0.25) is 0 Å². The van der Waals surface area contributed by atoms with Crippen LogP contribution in [-0.2, 0) is 14.9 Å². The molecule has 0 amide bonds. The van der Waals surface area contributed by atoms with Crippen LogP contribution in [0, 0.1) is 11.7 Å². The highest BCUT2D eigenvalue weighted by Crippen LogP contribution is 2.46. The number of carbonyl (C=O) groups is 2. The van der Waals surface area contributed by atoms with Crippen molar-refractivity contribution in [3.63, 3.8) is 0 Å². The van der Waals surface area contributed by atoms with E-state index in [2.05, 4.69) is 0 Å². The van der Waals surface area contributed by atoms with Crippen molar-refractivity contribution in [2.75, 3.05) is 13.2 Å². The number of Topliss-reactive ketones (excluding diaryl/α,β-unsaturated/α-hetero) is 2. The molecule has 0 aliphatic carbocycles. The molecule has 2 aromatic carbocycles. The molecule has 1 N–H and O–H groups in total. The van der Waals surface area contributed by atoms with Crippen molar-refractivity contribution in [3.8, 4) is 0 Å². The molecule has 0 aromatic heterocycles. The van der Waals surface area contributed by atoms with Gasteiger partial charge < -0.3 is 9.84 Å². The smallest absolute Gasteiger partial charge is 0.170 e. The molecular formula is C22H23FO4. The van der Waals surface area contributed by atoms with E-state index in [0.717, 1.165) is 0 Å². The fourth-order valence-electron chi connectivity index (χ4n) is 4.06. The first-order valence-corrected chi connectivity index (χ1v) is 9.06. The molecule has 5 heteroatoms. The minimum atomic E-state index is -0.992. The number of ether oxygens (including phenoxy) is 1. The van der Waals surface area contributed by atoms with E-state index >= 15 is 0 Å². The van der Waals surface area contributed by atoms with Crippen LogP contribution in [0.15, 0.2) is 54.6 Å². The topological polar surface area (TPSA) is 63.6 Å². The Hall–Kier alpha value is -2.37. The first kappa shape index (κ1) is 19.4. The summed E-state index contributed by atoms with van der Waals surface area (Å²) >= 11 is 0. The number of carbonyl (C=O) groups excluding carboxylic acids is 2. The molecule has 1 aliphatic heterocycles. The Labute approximate surface area is 158 Å². The van der Waals surface area contributed by atoms with Gasteiger partial charge in [-0.1, -0.05) is 48.5 Å². The molecule has 142 valence electrons. The largest absolute Gasteiger partial charge is 0.396 e. The standard InChI is InChI=1S/C22H23FO4/c1-15-22(17(13-24)14-27-15,19-9-5-6-10-20(19)23)12-18(25)11-21(26)16-7-3-2-4-8-16/h2-10,15,17,24H,11-14H2,1H3/t15-,17+,22+/m0/s1. The SMILES string of the molecule is C[C@@H]1OC[C@@H](CO)[C@]1(CC(=O)CC(=O)c1ccccc1)c1ccccc1F. The van der Waals surface area contributed by atoms with Gasteiger partial charge in [0.15, 0.2) is 5.78 Å². The van der Waals surface area contributed by atoms with E-state index in [4.69, 9.17) is 4.74 Å². The number of rotatable bonds is 7. The zero-order valence-electron chi connectivity index (χ0n) is 15.2. The maximum atomic E-state index is 14.6. The summed E-state index contributed by atoms with van der Waals surface area (Å²) in [4.78, 5) is 25.2. The van der Waals surface area contributed by atoms with Gasteiger partial charge in [-0.15, -0.1) is 0 Å². The summed E-state index contributed by atoms with van der Waals surface area (Å²) in [7, 11) is 0. The predicted octanol–water partition coefficient (Wildman–Crippen LogP) is 3.32. The lowest BCUT2D eigenvalue weighted by molar-refractivity contribution is -0.120. The van der Waals surface area contributed by atoms with Crippen molar-refractivity contribution in [1.29, 1.82) is 0 Å². The molecule has 1 heterocycles. The molecule has 1 saturated heterocycles. The number of benzene rings is 2. The summed E-state index contributed by atoms with van der Waals surface area (Å²) in [5, 5.41) is 9.86. The lowest BCUT2D eigenvalue weighted by Gasteiger charge is -2.37.